The van der Waals surface area contributed by atoms with Crippen LogP contribution in [0, 0.1) is 5.82 Å². The molecule has 2 nitrogen and oxygen atoms in total. The second kappa shape index (κ2) is 7.12. The molecule has 0 aliphatic carbocycles. The highest BCUT2D eigenvalue weighted by Crippen LogP contribution is 2.17. The van der Waals surface area contributed by atoms with E-state index in [2.05, 4.69) is 11.9 Å². The van der Waals surface area contributed by atoms with Crippen molar-refractivity contribution in [1.82, 2.24) is 5.32 Å². The van der Waals surface area contributed by atoms with Crippen LogP contribution in [0.5, 0.6) is 0 Å². The Bertz CT molecular complexity index is 378. The highest BCUT2D eigenvalue weighted by atomic mass is 32.2. The largest absolute Gasteiger partial charge is 0.352 e. The van der Waals surface area contributed by atoms with Crippen LogP contribution in [0.1, 0.15) is 12.5 Å². The van der Waals surface area contributed by atoms with E-state index in [4.69, 9.17) is 0 Å². The van der Waals surface area contributed by atoms with Crippen LogP contribution in [0.4, 0.5) is 4.39 Å². The van der Waals surface area contributed by atoms with Crippen LogP contribution in [-0.4, -0.2) is 17.7 Å². The summed E-state index contributed by atoms with van der Waals surface area (Å²) in [7, 11) is 0. The number of carbonyl (C=O) groups excluding carboxylic acids is 1. The summed E-state index contributed by atoms with van der Waals surface area (Å²) in [6, 6.07) is 6.32. The van der Waals surface area contributed by atoms with Gasteiger partial charge < -0.3 is 5.32 Å². The number of rotatable bonds is 6. The molecule has 1 atom stereocenters. The molecule has 1 aromatic carbocycles. The first-order valence-corrected chi connectivity index (χ1v) is 6.43. The van der Waals surface area contributed by atoms with Gasteiger partial charge >= 0.3 is 0 Å². The van der Waals surface area contributed by atoms with Gasteiger partial charge in [0.15, 0.2) is 0 Å². The van der Waals surface area contributed by atoms with E-state index in [9.17, 15) is 9.18 Å². The molecule has 0 radical (unpaired) electrons. The first-order chi connectivity index (χ1) is 8.13. The number of amides is 1. The molecule has 17 heavy (non-hydrogen) atoms. The molecule has 1 amide bonds. The van der Waals surface area contributed by atoms with E-state index in [-0.39, 0.29) is 17.0 Å². The number of carbonyl (C=O) groups is 1. The zero-order valence-corrected chi connectivity index (χ0v) is 10.6. The Hall–Kier alpha value is -1.29. The van der Waals surface area contributed by atoms with Crippen LogP contribution >= 0.6 is 11.8 Å². The van der Waals surface area contributed by atoms with Crippen molar-refractivity contribution in [2.45, 2.75) is 17.9 Å². The monoisotopic (exact) mass is 253 g/mol. The van der Waals surface area contributed by atoms with Crippen LogP contribution in [0.15, 0.2) is 36.9 Å². The van der Waals surface area contributed by atoms with Crippen LogP contribution in [0.25, 0.3) is 0 Å². The molecule has 0 fully saturated rings. The van der Waals surface area contributed by atoms with Crippen LogP contribution in [0.3, 0.4) is 0 Å². The van der Waals surface area contributed by atoms with Gasteiger partial charge in [-0.1, -0.05) is 18.2 Å². The van der Waals surface area contributed by atoms with Crippen LogP contribution < -0.4 is 5.32 Å². The maximum atomic E-state index is 12.7. The minimum absolute atomic E-state index is 0.00277. The molecular formula is C13H16FNOS. The Labute approximate surface area is 105 Å². The molecule has 1 rings (SSSR count). The zero-order chi connectivity index (χ0) is 12.7. The van der Waals surface area contributed by atoms with Crippen molar-refractivity contribution in [3.8, 4) is 0 Å². The Morgan fingerprint density at radius 1 is 1.53 bits per heavy atom. The average Bonchev–Trinajstić information content (AvgIpc) is 2.34. The summed E-state index contributed by atoms with van der Waals surface area (Å²) in [5.74, 6) is 0.454. The van der Waals surface area contributed by atoms with Gasteiger partial charge in [0.05, 0.1) is 5.25 Å². The van der Waals surface area contributed by atoms with Gasteiger partial charge in [-0.2, -0.15) is 0 Å². The summed E-state index contributed by atoms with van der Waals surface area (Å²) < 4.78 is 12.7. The highest BCUT2D eigenvalue weighted by Gasteiger charge is 2.11. The molecule has 0 aromatic heterocycles. The number of halogens is 1. The third-order valence-electron chi connectivity index (χ3n) is 2.20. The van der Waals surface area contributed by atoms with Gasteiger partial charge in [-0.05, 0) is 24.6 Å². The van der Waals surface area contributed by atoms with Gasteiger partial charge in [-0.3, -0.25) is 4.79 Å². The van der Waals surface area contributed by atoms with Crippen LogP contribution in [0.2, 0.25) is 0 Å². The summed E-state index contributed by atoms with van der Waals surface area (Å²) in [4.78, 5) is 11.5. The van der Waals surface area contributed by atoms with Crippen molar-refractivity contribution >= 4 is 17.7 Å². The summed E-state index contributed by atoms with van der Waals surface area (Å²) in [6.07, 6.45) is 1.65. The fourth-order valence-electron chi connectivity index (χ4n) is 1.19. The Balaban J connectivity index is 2.37. The van der Waals surface area contributed by atoms with Crippen molar-refractivity contribution in [1.29, 1.82) is 0 Å². The van der Waals surface area contributed by atoms with E-state index in [1.54, 1.807) is 18.2 Å². The number of hydrogen-bond acceptors (Lipinski definition) is 2. The lowest BCUT2D eigenvalue weighted by atomic mass is 10.2. The molecule has 0 saturated heterocycles. The van der Waals surface area contributed by atoms with Crippen molar-refractivity contribution in [2.75, 3.05) is 6.54 Å². The molecule has 1 aromatic rings. The molecule has 4 heteroatoms. The van der Waals surface area contributed by atoms with Crippen molar-refractivity contribution in [3.05, 3.63) is 48.3 Å². The third kappa shape index (κ3) is 5.04. The van der Waals surface area contributed by atoms with E-state index in [0.717, 1.165) is 5.56 Å². The minimum Gasteiger partial charge on any atom is -0.352 e. The summed E-state index contributed by atoms with van der Waals surface area (Å²) in [5.41, 5.74) is 1.01. The normalized spacial score (nSPS) is 11.9. The van der Waals surface area contributed by atoms with E-state index >= 15 is 0 Å². The number of thioether (sulfide) groups is 1. The lowest BCUT2D eigenvalue weighted by Gasteiger charge is -2.10. The molecule has 0 aliphatic rings. The number of nitrogens with one attached hydrogen (secondary N) is 1. The van der Waals surface area contributed by atoms with Gasteiger partial charge in [0.25, 0.3) is 0 Å². The van der Waals surface area contributed by atoms with Gasteiger partial charge in [0, 0.05) is 12.3 Å². The molecule has 0 bridgehead atoms. The van der Waals surface area contributed by atoms with Gasteiger partial charge in [0.1, 0.15) is 5.82 Å². The van der Waals surface area contributed by atoms with E-state index in [1.807, 2.05) is 6.92 Å². The second-order valence-corrected chi connectivity index (χ2v) is 4.94. The maximum absolute atomic E-state index is 12.7. The Morgan fingerprint density at radius 2 is 2.18 bits per heavy atom. The molecule has 1 unspecified atom stereocenters. The first kappa shape index (κ1) is 13.8. The van der Waals surface area contributed by atoms with E-state index in [0.29, 0.717) is 12.3 Å². The second-order valence-electron chi connectivity index (χ2n) is 3.61. The van der Waals surface area contributed by atoms with E-state index < -0.39 is 0 Å². The van der Waals surface area contributed by atoms with Gasteiger partial charge in [0.2, 0.25) is 5.91 Å². The zero-order valence-electron chi connectivity index (χ0n) is 9.78. The first-order valence-electron chi connectivity index (χ1n) is 5.38. The molecule has 0 aliphatic heterocycles. The van der Waals surface area contributed by atoms with E-state index in [1.165, 1.54) is 23.9 Å². The number of benzene rings is 1. The minimum atomic E-state index is -0.240. The Morgan fingerprint density at radius 3 is 2.76 bits per heavy atom. The van der Waals surface area contributed by atoms with Gasteiger partial charge in [-0.15, -0.1) is 18.3 Å². The molecule has 0 heterocycles. The SMILES string of the molecule is C=CCNC(=O)C(C)SCc1ccc(F)cc1. The predicted molar refractivity (Wildman–Crippen MR) is 70.4 cm³/mol. The Kier molecular flexibility index (Phi) is 5.77. The van der Waals surface area contributed by atoms with Crippen molar-refractivity contribution < 1.29 is 9.18 Å². The smallest absolute Gasteiger partial charge is 0.233 e. The fraction of sp³-hybridized carbons (Fsp3) is 0.308. The average molecular weight is 253 g/mol. The fourth-order valence-corrected chi connectivity index (χ4v) is 2.06. The number of hydrogen-bond donors (Lipinski definition) is 1. The molecule has 92 valence electrons. The lowest BCUT2D eigenvalue weighted by molar-refractivity contribution is -0.120. The quantitative estimate of drug-likeness (QED) is 0.790. The summed E-state index contributed by atoms with van der Waals surface area (Å²) in [6.45, 7) is 5.88. The highest BCUT2D eigenvalue weighted by molar-refractivity contribution is 7.99. The van der Waals surface area contributed by atoms with Crippen molar-refractivity contribution in [3.63, 3.8) is 0 Å². The molecule has 1 N–H and O–H groups in total. The standard InChI is InChI=1S/C13H16FNOS/c1-3-8-15-13(16)10(2)17-9-11-4-6-12(14)7-5-11/h3-7,10H,1,8-9H2,2H3,(H,15,16). The van der Waals surface area contributed by atoms with Crippen LogP contribution in [-0.2, 0) is 10.5 Å². The van der Waals surface area contributed by atoms with Crippen molar-refractivity contribution in [2.24, 2.45) is 0 Å². The third-order valence-corrected chi connectivity index (χ3v) is 3.42. The van der Waals surface area contributed by atoms with Gasteiger partial charge in [-0.25, -0.2) is 4.39 Å². The molecule has 0 spiro atoms. The summed E-state index contributed by atoms with van der Waals surface area (Å²) in [5, 5.41) is 2.61. The molecular weight excluding hydrogens is 237 g/mol. The predicted octanol–water partition coefficient (Wildman–Crippen LogP) is 2.75. The maximum Gasteiger partial charge on any atom is 0.233 e. The topological polar surface area (TPSA) is 29.1 Å². The molecule has 0 saturated carbocycles. The lowest BCUT2D eigenvalue weighted by Crippen LogP contribution is -2.30. The summed E-state index contributed by atoms with van der Waals surface area (Å²) >= 11 is 1.53.